The zero-order valence-corrected chi connectivity index (χ0v) is 15.1. The molecular formula is C15H31NO4Si. The molecule has 0 aromatic heterocycles. The topological polar surface area (TPSA) is 70.0 Å². The van der Waals surface area contributed by atoms with Crippen molar-refractivity contribution in [2.24, 2.45) is 0 Å². The molecule has 0 spiro atoms. The van der Waals surface area contributed by atoms with Gasteiger partial charge >= 0.3 is 6.09 Å². The third-order valence-electron chi connectivity index (χ3n) is 4.87. The summed E-state index contributed by atoms with van der Waals surface area (Å²) in [6.07, 6.45) is 2.13. The molecule has 1 saturated heterocycles. The summed E-state index contributed by atoms with van der Waals surface area (Å²) in [5.74, 6) is 0. The summed E-state index contributed by atoms with van der Waals surface area (Å²) in [6.45, 7) is 11.7. The van der Waals surface area contributed by atoms with Gasteiger partial charge in [0.25, 0.3) is 0 Å². The molecule has 124 valence electrons. The van der Waals surface area contributed by atoms with Crippen LogP contribution in [0.2, 0.25) is 18.1 Å². The van der Waals surface area contributed by atoms with E-state index in [0.29, 0.717) is 19.4 Å². The van der Waals surface area contributed by atoms with E-state index < -0.39 is 14.4 Å². The van der Waals surface area contributed by atoms with Crippen LogP contribution in [-0.4, -0.2) is 54.8 Å². The summed E-state index contributed by atoms with van der Waals surface area (Å²) in [5.41, 5.74) is 0. The van der Waals surface area contributed by atoms with E-state index in [1.165, 1.54) is 4.90 Å². The molecule has 2 N–H and O–H groups in total. The molecule has 0 saturated carbocycles. The second kappa shape index (κ2) is 7.11. The lowest BCUT2D eigenvalue weighted by atomic mass is 9.95. The average Bonchev–Trinajstić information content (AvgIpc) is 2.35. The molecule has 0 aromatic rings. The summed E-state index contributed by atoms with van der Waals surface area (Å²) >= 11 is 0. The average molecular weight is 318 g/mol. The van der Waals surface area contributed by atoms with Gasteiger partial charge in [0.05, 0.1) is 12.1 Å². The fourth-order valence-electron chi connectivity index (χ4n) is 2.59. The van der Waals surface area contributed by atoms with Crippen LogP contribution in [0.1, 0.15) is 46.5 Å². The normalized spacial score (nSPS) is 24.2. The van der Waals surface area contributed by atoms with E-state index in [1.54, 1.807) is 0 Å². The van der Waals surface area contributed by atoms with Crippen molar-refractivity contribution in [3.8, 4) is 0 Å². The lowest BCUT2D eigenvalue weighted by molar-refractivity contribution is 0.0168. The number of aliphatic hydroxyl groups excluding tert-OH is 1. The van der Waals surface area contributed by atoms with Crippen molar-refractivity contribution in [3.63, 3.8) is 0 Å². The summed E-state index contributed by atoms with van der Waals surface area (Å²) < 4.78 is 6.49. The van der Waals surface area contributed by atoms with Crippen LogP contribution >= 0.6 is 0 Å². The molecular weight excluding hydrogens is 286 g/mol. The highest BCUT2D eigenvalue weighted by Gasteiger charge is 2.43. The molecule has 0 aromatic carbocycles. The van der Waals surface area contributed by atoms with Gasteiger partial charge in [-0.15, -0.1) is 0 Å². The quantitative estimate of drug-likeness (QED) is 0.763. The largest absolute Gasteiger partial charge is 0.465 e. The van der Waals surface area contributed by atoms with E-state index in [4.69, 9.17) is 9.53 Å². The van der Waals surface area contributed by atoms with Gasteiger partial charge in [-0.1, -0.05) is 20.8 Å². The van der Waals surface area contributed by atoms with E-state index in [0.717, 1.165) is 12.8 Å². The van der Waals surface area contributed by atoms with Crippen molar-refractivity contribution in [1.82, 2.24) is 4.90 Å². The molecule has 0 unspecified atom stereocenters. The molecule has 1 fully saturated rings. The first kappa shape index (κ1) is 18.5. The Labute approximate surface area is 129 Å². The highest BCUT2D eigenvalue weighted by Crippen LogP contribution is 2.39. The van der Waals surface area contributed by atoms with E-state index in [-0.39, 0.29) is 23.8 Å². The standard InChI is InChI=1S/C15H31NO4Si/c1-15(2,3)21(4,5)20-13-9-6-10-16(14(18)19)12(13)8-7-11-17/h12-13,17H,6-11H2,1-5H3,(H,18,19)/t12-,13-/m0/s1. The van der Waals surface area contributed by atoms with Gasteiger partial charge in [0.1, 0.15) is 0 Å². The Balaban J connectivity index is 2.88. The number of amides is 1. The lowest BCUT2D eigenvalue weighted by Gasteiger charge is -2.46. The van der Waals surface area contributed by atoms with Gasteiger partial charge in [-0.3, -0.25) is 0 Å². The summed E-state index contributed by atoms with van der Waals surface area (Å²) in [6, 6.07) is -0.127. The Morgan fingerprint density at radius 3 is 2.48 bits per heavy atom. The van der Waals surface area contributed by atoms with Crippen LogP contribution in [0, 0.1) is 0 Å². The van der Waals surface area contributed by atoms with Crippen molar-refractivity contribution in [2.75, 3.05) is 13.2 Å². The SMILES string of the molecule is CC(C)(C)[Si](C)(C)O[C@H]1CCCN(C(=O)O)[C@H]1CCCO. The van der Waals surface area contributed by atoms with E-state index in [1.807, 2.05) is 0 Å². The van der Waals surface area contributed by atoms with E-state index >= 15 is 0 Å². The Morgan fingerprint density at radius 2 is 2.00 bits per heavy atom. The van der Waals surface area contributed by atoms with Gasteiger partial charge in [0.2, 0.25) is 0 Å². The van der Waals surface area contributed by atoms with Crippen molar-refractivity contribution in [3.05, 3.63) is 0 Å². The van der Waals surface area contributed by atoms with Crippen LogP contribution in [0.15, 0.2) is 0 Å². The number of carboxylic acid groups (broad SMARTS) is 1. The number of carbonyl (C=O) groups is 1. The number of piperidine rings is 1. The van der Waals surface area contributed by atoms with Crippen LogP contribution in [0.3, 0.4) is 0 Å². The number of hydrogen-bond donors (Lipinski definition) is 2. The molecule has 1 rings (SSSR count). The minimum absolute atomic E-state index is 0.0395. The van der Waals surface area contributed by atoms with Crippen molar-refractivity contribution < 1.29 is 19.4 Å². The third-order valence-corrected chi connectivity index (χ3v) is 9.38. The van der Waals surface area contributed by atoms with E-state index in [9.17, 15) is 9.90 Å². The lowest BCUT2D eigenvalue weighted by Crippen LogP contribution is -2.55. The highest BCUT2D eigenvalue weighted by molar-refractivity contribution is 6.74. The van der Waals surface area contributed by atoms with Crippen molar-refractivity contribution in [2.45, 2.75) is 76.7 Å². The maximum absolute atomic E-state index is 11.5. The highest BCUT2D eigenvalue weighted by atomic mass is 28.4. The summed E-state index contributed by atoms with van der Waals surface area (Å²) in [4.78, 5) is 13.0. The summed E-state index contributed by atoms with van der Waals surface area (Å²) in [7, 11) is -1.92. The van der Waals surface area contributed by atoms with Crippen LogP contribution < -0.4 is 0 Å². The number of nitrogens with zero attached hydrogens (tertiary/aromatic N) is 1. The Bertz CT molecular complexity index is 354. The molecule has 21 heavy (non-hydrogen) atoms. The zero-order valence-electron chi connectivity index (χ0n) is 14.1. The van der Waals surface area contributed by atoms with Crippen LogP contribution in [-0.2, 0) is 4.43 Å². The second-order valence-corrected chi connectivity index (χ2v) is 12.2. The molecule has 6 heteroatoms. The molecule has 2 atom stereocenters. The maximum atomic E-state index is 11.5. The second-order valence-electron chi connectivity index (χ2n) is 7.47. The fraction of sp³-hybridized carbons (Fsp3) is 0.933. The monoisotopic (exact) mass is 317 g/mol. The zero-order chi connectivity index (χ0) is 16.3. The molecule has 0 aliphatic carbocycles. The van der Waals surface area contributed by atoms with Gasteiger partial charge in [-0.25, -0.2) is 4.79 Å². The number of hydrogen-bond acceptors (Lipinski definition) is 3. The Morgan fingerprint density at radius 1 is 1.38 bits per heavy atom. The van der Waals surface area contributed by atoms with Crippen LogP contribution in [0.5, 0.6) is 0 Å². The summed E-state index contributed by atoms with van der Waals surface area (Å²) in [5, 5.41) is 18.6. The first-order valence-electron chi connectivity index (χ1n) is 7.88. The number of rotatable bonds is 5. The predicted molar refractivity (Wildman–Crippen MR) is 86.1 cm³/mol. The first-order valence-corrected chi connectivity index (χ1v) is 10.8. The molecule has 1 amide bonds. The minimum atomic E-state index is -1.92. The third kappa shape index (κ3) is 4.69. The van der Waals surface area contributed by atoms with Crippen molar-refractivity contribution in [1.29, 1.82) is 0 Å². The Hall–Kier alpha value is -0.593. The molecule has 5 nitrogen and oxygen atoms in total. The Kier molecular flexibility index (Phi) is 6.25. The smallest absolute Gasteiger partial charge is 0.407 e. The van der Waals surface area contributed by atoms with E-state index in [2.05, 4.69) is 33.9 Å². The van der Waals surface area contributed by atoms with Crippen LogP contribution in [0.4, 0.5) is 4.79 Å². The molecule has 1 aliphatic heterocycles. The maximum Gasteiger partial charge on any atom is 0.407 e. The first-order chi connectivity index (χ1) is 9.60. The van der Waals surface area contributed by atoms with Crippen molar-refractivity contribution >= 4 is 14.4 Å². The minimum Gasteiger partial charge on any atom is -0.465 e. The van der Waals surface area contributed by atoms with Gasteiger partial charge in [0, 0.05) is 13.2 Å². The van der Waals surface area contributed by atoms with Crippen LogP contribution in [0.25, 0.3) is 0 Å². The molecule has 1 heterocycles. The predicted octanol–water partition coefficient (Wildman–Crippen LogP) is 3.29. The number of likely N-dealkylation sites (tertiary alicyclic amines) is 1. The van der Waals surface area contributed by atoms with Gasteiger partial charge < -0.3 is 19.5 Å². The molecule has 0 radical (unpaired) electrons. The number of aliphatic hydroxyl groups is 1. The van der Waals surface area contributed by atoms with Gasteiger partial charge in [0.15, 0.2) is 8.32 Å². The van der Waals surface area contributed by atoms with Gasteiger partial charge in [-0.05, 0) is 43.8 Å². The fourth-order valence-corrected chi connectivity index (χ4v) is 3.98. The molecule has 1 aliphatic rings. The van der Waals surface area contributed by atoms with Gasteiger partial charge in [-0.2, -0.15) is 0 Å². The molecule has 0 bridgehead atoms.